The second kappa shape index (κ2) is 5.18. The van der Waals surface area contributed by atoms with Crippen molar-refractivity contribution in [2.24, 2.45) is 5.73 Å². The Morgan fingerprint density at radius 1 is 1.28 bits per heavy atom. The molecule has 0 aliphatic carbocycles. The molecule has 2 N–H and O–H groups in total. The Bertz CT molecular complexity index is 447. The Morgan fingerprint density at radius 3 is 2.56 bits per heavy atom. The van der Waals surface area contributed by atoms with Crippen LogP contribution in [-0.2, 0) is 9.59 Å². The maximum absolute atomic E-state index is 12.2. The number of amides is 2. The number of carbonyl (C=O) groups excluding carboxylic acids is 2. The van der Waals surface area contributed by atoms with Crippen LogP contribution in [0.25, 0.3) is 0 Å². The largest absolute Gasteiger partial charge is 0.342 e. The first kappa shape index (κ1) is 12.6. The highest BCUT2D eigenvalue weighted by atomic mass is 16.2. The van der Waals surface area contributed by atoms with E-state index >= 15 is 0 Å². The van der Waals surface area contributed by atoms with Crippen LogP contribution < -0.4 is 5.73 Å². The normalized spacial score (nSPS) is 17.8. The summed E-state index contributed by atoms with van der Waals surface area (Å²) < 4.78 is 0. The van der Waals surface area contributed by atoms with E-state index in [0.717, 1.165) is 5.56 Å². The molecular weight excluding hydrogens is 230 g/mol. The molecule has 96 valence electrons. The molecule has 1 heterocycles. The van der Waals surface area contributed by atoms with Crippen molar-refractivity contribution in [3.8, 4) is 0 Å². The van der Waals surface area contributed by atoms with Gasteiger partial charge < -0.3 is 15.5 Å². The van der Waals surface area contributed by atoms with E-state index in [0.29, 0.717) is 13.1 Å². The van der Waals surface area contributed by atoms with Gasteiger partial charge in [-0.3, -0.25) is 9.59 Å². The second-order valence-corrected chi connectivity index (χ2v) is 4.46. The van der Waals surface area contributed by atoms with Gasteiger partial charge in [-0.05, 0) is 5.56 Å². The summed E-state index contributed by atoms with van der Waals surface area (Å²) in [7, 11) is 1.74. The first-order valence-electron chi connectivity index (χ1n) is 5.93. The van der Waals surface area contributed by atoms with Crippen molar-refractivity contribution < 1.29 is 9.59 Å². The third kappa shape index (κ3) is 2.51. The minimum atomic E-state index is -0.692. The van der Waals surface area contributed by atoms with Crippen LogP contribution in [0.4, 0.5) is 0 Å². The zero-order chi connectivity index (χ0) is 13.1. The van der Waals surface area contributed by atoms with Gasteiger partial charge in [0.1, 0.15) is 6.04 Å². The lowest BCUT2D eigenvalue weighted by atomic mass is 10.1. The fourth-order valence-electron chi connectivity index (χ4n) is 1.95. The fraction of sp³-hybridized carbons (Fsp3) is 0.385. The molecule has 0 aromatic heterocycles. The molecule has 0 bridgehead atoms. The number of hydrogen-bond acceptors (Lipinski definition) is 3. The van der Waals surface area contributed by atoms with Crippen LogP contribution >= 0.6 is 0 Å². The van der Waals surface area contributed by atoms with Gasteiger partial charge >= 0.3 is 0 Å². The SMILES string of the molecule is CN1CCN(C(=O)C(N)c2ccccc2)CC1=O. The van der Waals surface area contributed by atoms with Crippen LogP contribution in [0, 0.1) is 0 Å². The molecule has 0 saturated carbocycles. The van der Waals surface area contributed by atoms with Gasteiger partial charge in [0.05, 0.1) is 6.54 Å². The summed E-state index contributed by atoms with van der Waals surface area (Å²) in [4.78, 5) is 26.9. The number of nitrogens with zero attached hydrogens (tertiary/aromatic N) is 2. The van der Waals surface area contributed by atoms with Crippen molar-refractivity contribution in [3.63, 3.8) is 0 Å². The summed E-state index contributed by atoms with van der Waals surface area (Å²) in [6.07, 6.45) is 0. The van der Waals surface area contributed by atoms with Gasteiger partial charge in [-0.25, -0.2) is 0 Å². The summed E-state index contributed by atoms with van der Waals surface area (Å²) in [5.41, 5.74) is 6.71. The van der Waals surface area contributed by atoms with Crippen LogP contribution in [-0.4, -0.2) is 48.3 Å². The van der Waals surface area contributed by atoms with E-state index in [9.17, 15) is 9.59 Å². The van der Waals surface area contributed by atoms with E-state index in [-0.39, 0.29) is 18.4 Å². The van der Waals surface area contributed by atoms with Gasteiger partial charge in [0, 0.05) is 20.1 Å². The number of rotatable bonds is 2. The minimum Gasteiger partial charge on any atom is -0.342 e. The van der Waals surface area contributed by atoms with Gasteiger partial charge in [-0.1, -0.05) is 30.3 Å². The van der Waals surface area contributed by atoms with E-state index in [1.54, 1.807) is 11.9 Å². The van der Waals surface area contributed by atoms with Crippen molar-refractivity contribution in [1.82, 2.24) is 9.80 Å². The molecule has 1 aliphatic heterocycles. The molecule has 1 aromatic carbocycles. The van der Waals surface area contributed by atoms with E-state index in [1.807, 2.05) is 30.3 Å². The fourth-order valence-corrected chi connectivity index (χ4v) is 1.95. The Morgan fingerprint density at radius 2 is 1.94 bits per heavy atom. The monoisotopic (exact) mass is 247 g/mol. The Kier molecular flexibility index (Phi) is 3.62. The molecule has 18 heavy (non-hydrogen) atoms. The third-order valence-electron chi connectivity index (χ3n) is 3.19. The number of likely N-dealkylation sites (N-methyl/N-ethyl adjacent to an activating group) is 1. The molecule has 5 heteroatoms. The molecule has 2 rings (SSSR count). The lowest BCUT2D eigenvalue weighted by Crippen LogP contribution is -2.52. The number of benzene rings is 1. The average Bonchev–Trinajstić information content (AvgIpc) is 2.41. The summed E-state index contributed by atoms with van der Waals surface area (Å²) in [6, 6.07) is 8.51. The Labute approximate surface area is 106 Å². The predicted octanol–water partition coefficient (Wildman–Crippen LogP) is -0.0130. The van der Waals surface area contributed by atoms with Crippen molar-refractivity contribution in [2.75, 3.05) is 26.7 Å². The van der Waals surface area contributed by atoms with Crippen LogP contribution in [0.1, 0.15) is 11.6 Å². The lowest BCUT2D eigenvalue weighted by molar-refractivity contribution is -0.145. The molecule has 2 amide bonds. The summed E-state index contributed by atoms with van der Waals surface area (Å²) >= 11 is 0. The highest BCUT2D eigenvalue weighted by Gasteiger charge is 2.28. The quantitative estimate of drug-likeness (QED) is 0.799. The highest BCUT2D eigenvalue weighted by Crippen LogP contribution is 2.14. The summed E-state index contributed by atoms with van der Waals surface area (Å²) in [6.45, 7) is 1.23. The minimum absolute atomic E-state index is 0.0464. The van der Waals surface area contributed by atoms with Crippen LogP contribution in [0.3, 0.4) is 0 Å². The standard InChI is InChI=1S/C13H17N3O2/c1-15-7-8-16(9-11(15)17)13(18)12(14)10-5-3-2-4-6-10/h2-6,12H,7-9,14H2,1H3. The maximum atomic E-state index is 12.2. The molecule has 1 aliphatic rings. The predicted molar refractivity (Wildman–Crippen MR) is 67.6 cm³/mol. The average molecular weight is 247 g/mol. The van der Waals surface area contributed by atoms with Gasteiger partial charge in [0.25, 0.3) is 0 Å². The first-order chi connectivity index (χ1) is 8.59. The van der Waals surface area contributed by atoms with Gasteiger partial charge in [-0.15, -0.1) is 0 Å². The lowest BCUT2D eigenvalue weighted by Gasteiger charge is -2.33. The number of hydrogen-bond donors (Lipinski definition) is 1. The van der Waals surface area contributed by atoms with Crippen molar-refractivity contribution in [3.05, 3.63) is 35.9 Å². The molecule has 1 aromatic rings. The molecule has 1 saturated heterocycles. The van der Waals surface area contributed by atoms with Crippen LogP contribution in [0.15, 0.2) is 30.3 Å². The highest BCUT2D eigenvalue weighted by molar-refractivity contribution is 5.89. The van der Waals surface area contributed by atoms with E-state index < -0.39 is 6.04 Å². The molecule has 1 unspecified atom stereocenters. The molecule has 5 nitrogen and oxygen atoms in total. The smallest absolute Gasteiger partial charge is 0.244 e. The van der Waals surface area contributed by atoms with E-state index in [4.69, 9.17) is 5.73 Å². The molecule has 1 fully saturated rings. The van der Waals surface area contributed by atoms with Gasteiger partial charge in [0.15, 0.2) is 0 Å². The maximum Gasteiger partial charge on any atom is 0.244 e. The first-order valence-corrected chi connectivity index (χ1v) is 5.93. The van der Waals surface area contributed by atoms with E-state index in [2.05, 4.69) is 0 Å². The molecule has 0 spiro atoms. The van der Waals surface area contributed by atoms with Gasteiger partial charge in [0.2, 0.25) is 11.8 Å². The topological polar surface area (TPSA) is 66.6 Å². The molecule has 0 radical (unpaired) electrons. The third-order valence-corrected chi connectivity index (χ3v) is 3.19. The van der Waals surface area contributed by atoms with Crippen molar-refractivity contribution in [1.29, 1.82) is 0 Å². The van der Waals surface area contributed by atoms with Crippen LogP contribution in [0.2, 0.25) is 0 Å². The summed E-state index contributed by atoms with van der Waals surface area (Å²) in [5.74, 6) is -0.238. The summed E-state index contributed by atoms with van der Waals surface area (Å²) in [5, 5.41) is 0. The van der Waals surface area contributed by atoms with Crippen LogP contribution in [0.5, 0.6) is 0 Å². The zero-order valence-electron chi connectivity index (χ0n) is 10.4. The van der Waals surface area contributed by atoms with Crippen molar-refractivity contribution in [2.45, 2.75) is 6.04 Å². The van der Waals surface area contributed by atoms with Crippen molar-refractivity contribution >= 4 is 11.8 Å². The number of piperazine rings is 1. The zero-order valence-corrected chi connectivity index (χ0v) is 10.4. The van der Waals surface area contributed by atoms with Gasteiger partial charge in [-0.2, -0.15) is 0 Å². The Balaban J connectivity index is 2.06. The van der Waals surface area contributed by atoms with E-state index in [1.165, 1.54) is 4.90 Å². The molecular formula is C13H17N3O2. The number of nitrogens with two attached hydrogens (primary N) is 1. The molecule has 1 atom stereocenters. The number of carbonyl (C=O) groups is 2. The Hall–Kier alpha value is -1.88. The second-order valence-electron chi connectivity index (χ2n) is 4.46.